The van der Waals surface area contributed by atoms with E-state index >= 15 is 0 Å². The number of carbonyl (C=O) groups is 1. The summed E-state index contributed by atoms with van der Waals surface area (Å²) in [6.07, 6.45) is 6.55. The topological polar surface area (TPSA) is 29.1 Å². The lowest BCUT2D eigenvalue weighted by Crippen LogP contribution is -2.34. The highest BCUT2D eigenvalue weighted by Gasteiger charge is 2.20. The van der Waals surface area contributed by atoms with Gasteiger partial charge in [0, 0.05) is 4.47 Å². The normalized spacial score (nSPS) is 11.7. The minimum Gasteiger partial charge on any atom is -0.338 e. The van der Waals surface area contributed by atoms with Gasteiger partial charge in [0.2, 0.25) is 0 Å². The van der Waals surface area contributed by atoms with Crippen LogP contribution in [-0.4, -0.2) is 11.9 Å². The summed E-state index contributed by atoms with van der Waals surface area (Å²) in [4.78, 5) is 11.7. The van der Waals surface area contributed by atoms with Crippen LogP contribution in [0.1, 0.15) is 30.1 Å². The van der Waals surface area contributed by atoms with Gasteiger partial charge in [-0.15, -0.1) is 6.42 Å². The van der Waals surface area contributed by atoms with Crippen LogP contribution in [0.5, 0.6) is 0 Å². The van der Waals surface area contributed by atoms with Crippen molar-refractivity contribution in [3.63, 3.8) is 0 Å². The van der Waals surface area contributed by atoms with Gasteiger partial charge in [-0.25, -0.2) is 8.78 Å². The van der Waals surface area contributed by atoms with Crippen molar-refractivity contribution in [3.05, 3.63) is 33.8 Å². The third-order valence-electron chi connectivity index (χ3n) is 2.32. The summed E-state index contributed by atoms with van der Waals surface area (Å²) in [7, 11) is 0. The fourth-order valence-corrected chi connectivity index (χ4v) is 1.88. The van der Waals surface area contributed by atoms with Gasteiger partial charge in [0.1, 0.15) is 17.2 Å². The zero-order chi connectivity index (χ0) is 13.7. The lowest BCUT2D eigenvalue weighted by atomic mass is 10.1. The maximum atomic E-state index is 13.5. The third-order valence-corrected chi connectivity index (χ3v) is 2.78. The summed E-state index contributed by atoms with van der Waals surface area (Å²) in [5, 5.41) is 2.41. The Morgan fingerprint density at radius 3 is 2.50 bits per heavy atom. The molecule has 1 N–H and O–H groups in total. The van der Waals surface area contributed by atoms with Gasteiger partial charge in [0.15, 0.2) is 0 Å². The first-order valence-electron chi connectivity index (χ1n) is 5.41. The van der Waals surface area contributed by atoms with Gasteiger partial charge >= 0.3 is 0 Å². The first-order valence-corrected chi connectivity index (χ1v) is 6.20. The molecule has 1 unspecified atom stereocenters. The lowest BCUT2D eigenvalue weighted by Gasteiger charge is -2.13. The van der Waals surface area contributed by atoms with Crippen molar-refractivity contribution < 1.29 is 13.6 Å². The van der Waals surface area contributed by atoms with Crippen molar-refractivity contribution in [1.29, 1.82) is 0 Å². The second kappa shape index (κ2) is 6.50. The van der Waals surface area contributed by atoms with Crippen LogP contribution in [0, 0.1) is 24.0 Å². The molecule has 0 saturated heterocycles. The summed E-state index contributed by atoms with van der Waals surface area (Å²) in [5.74, 6) is -0.320. The van der Waals surface area contributed by atoms with E-state index in [2.05, 4.69) is 27.2 Å². The predicted octanol–water partition coefficient (Wildman–Crippen LogP) is 3.26. The predicted molar refractivity (Wildman–Crippen MR) is 69.1 cm³/mol. The summed E-state index contributed by atoms with van der Waals surface area (Å²) in [5.41, 5.74) is -0.616. The maximum Gasteiger partial charge on any atom is 0.258 e. The van der Waals surface area contributed by atoms with E-state index in [9.17, 15) is 13.6 Å². The molecule has 18 heavy (non-hydrogen) atoms. The summed E-state index contributed by atoms with van der Waals surface area (Å²) < 4.78 is 27.3. The van der Waals surface area contributed by atoms with Gasteiger partial charge in [-0.05, 0) is 18.6 Å². The number of benzene rings is 1. The molecule has 0 aliphatic carbocycles. The molecule has 0 heterocycles. The Morgan fingerprint density at radius 2 is 2.06 bits per heavy atom. The van der Waals surface area contributed by atoms with Crippen LogP contribution in [0.3, 0.4) is 0 Å². The van der Waals surface area contributed by atoms with Gasteiger partial charge in [0.25, 0.3) is 5.91 Å². The highest BCUT2D eigenvalue weighted by molar-refractivity contribution is 9.10. The van der Waals surface area contributed by atoms with Crippen molar-refractivity contribution in [2.24, 2.45) is 0 Å². The van der Waals surface area contributed by atoms with Crippen LogP contribution in [0.15, 0.2) is 16.6 Å². The molecule has 2 nitrogen and oxygen atoms in total. The Balaban J connectivity index is 2.95. The fourth-order valence-electron chi connectivity index (χ4n) is 1.48. The van der Waals surface area contributed by atoms with Gasteiger partial charge in [-0.1, -0.05) is 35.2 Å². The second-order valence-electron chi connectivity index (χ2n) is 3.73. The largest absolute Gasteiger partial charge is 0.338 e. The Morgan fingerprint density at radius 1 is 1.50 bits per heavy atom. The Kier molecular flexibility index (Phi) is 5.29. The van der Waals surface area contributed by atoms with Crippen molar-refractivity contribution in [3.8, 4) is 12.3 Å². The van der Waals surface area contributed by atoms with Gasteiger partial charge in [-0.2, -0.15) is 0 Å². The van der Waals surface area contributed by atoms with Crippen LogP contribution in [0.25, 0.3) is 0 Å². The summed E-state index contributed by atoms with van der Waals surface area (Å²) >= 11 is 2.94. The van der Waals surface area contributed by atoms with E-state index in [0.717, 1.165) is 18.6 Å². The molecule has 1 atom stereocenters. The van der Waals surface area contributed by atoms with E-state index in [0.29, 0.717) is 6.42 Å². The minimum absolute atomic E-state index is 0.233. The number of carbonyl (C=O) groups excluding carboxylic acids is 1. The Labute approximate surface area is 113 Å². The molecule has 5 heteroatoms. The summed E-state index contributed by atoms with van der Waals surface area (Å²) in [6.45, 7) is 1.90. The van der Waals surface area contributed by atoms with E-state index in [4.69, 9.17) is 6.42 Å². The zero-order valence-corrected chi connectivity index (χ0v) is 11.4. The molecule has 1 aromatic carbocycles. The smallest absolute Gasteiger partial charge is 0.258 e. The second-order valence-corrected chi connectivity index (χ2v) is 4.64. The van der Waals surface area contributed by atoms with E-state index in [1.54, 1.807) is 0 Å². The van der Waals surface area contributed by atoms with Crippen molar-refractivity contribution in [1.82, 2.24) is 5.32 Å². The van der Waals surface area contributed by atoms with Crippen molar-refractivity contribution >= 4 is 21.8 Å². The van der Waals surface area contributed by atoms with Crippen LogP contribution in [-0.2, 0) is 0 Å². The first kappa shape index (κ1) is 14.7. The first-order chi connectivity index (χ1) is 8.49. The third kappa shape index (κ3) is 3.54. The molecule has 0 aliphatic heterocycles. The number of nitrogens with one attached hydrogen (secondary N) is 1. The van der Waals surface area contributed by atoms with E-state index in [1.165, 1.54) is 0 Å². The van der Waals surface area contributed by atoms with Crippen molar-refractivity contribution in [2.45, 2.75) is 25.8 Å². The van der Waals surface area contributed by atoms with Crippen LogP contribution >= 0.6 is 15.9 Å². The van der Waals surface area contributed by atoms with Crippen molar-refractivity contribution in [2.75, 3.05) is 0 Å². The molecule has 0 saturated carbocycles. The molecule has 96 valence electrons. The van der Waals surface area contributed by atoms with Gasteiger partial charge < -0.3 is 5.32 Å². The molecule has 1 amide bonds. The zero-order valence-electron chi connectivity index (χ0n) is 9.77. The Hall–Kier alpha value is -1.41. The Bertz CT molecular complexity index is 473. The van der Waals surface area contributed by atoms with Crippen LogP contribution in [0.2, 0.25) is 0 Å². The quantitative estimate of drug-likeness (QED) is 0.849. The van der Waals surface area contributed by atoms with Gasteiger partial charge in [0.05, 0.1) is 6.04 Å². The number of halogens is 3. The number of amides is 1. The molecule has 0 aromatic heterocycles. The van der Waals surface area contributed by atoms with E-state index < -0.39 is 29.1 Å². The molecule has 0 bridgehead atoms. The standard InChI is InChI=1S/C13H12BrF2NO/c1-3-5-9(4-2)17-13(18)12-10(15)6-8(14)7-11(12)16/h2,6-7,9H,3,5H2,1H3,(H,17,18). The molecule has 0 spiro atoms. The SMILES string of the molecule is C#CC(CCC)NC(=O)c1c(F)cc(Br)cc1F. The number of hydrogen-bond acceptors (Lipinski definition) is 1. The number of rotatable bonds is 4. The monoisotopic (exact) mass is 315 g/mol. The molecule has 0 radical (unpaired) electrons. The minimum atomic E-state index is -0.924. The summed E-state index contributed by atoms with van der Waals surface area (Å²) in [6, 6.07) is 1.54. The average Bonchev–Trinajstić information content (AvgIpc) is 2.26. The molecule has 1 rings (SSSR count). The van der Waals surface area contributed by atoms with Gasteiger partial charge in [-0.3, -0.25) is 4.79 Å². The number of hydrogen-bond donors (Lipinski definition) is 1. The van der Waals surface area contributed by atoms with Crippen LogP contribution in [0.4, 0.5) is 8.78 Å². The molecular weight excluding hydrogens is 304 g/mol. The molecule has 1 aromatic rings. The number of terminal acetylenes is 1. The van der Waals surface area contributed by atoms with E-state index in [1.807, 2.05) is 6.92 Å². The van der Waals surface area contributed by atoms with Crippen LogP contribution < -0.4 is 5.32 Å². The average molecular weight is 316 g/mol. The van der Waals surface area contributed by atoms with E-state index in [-0.39, 0.29) is 4.47 Å². The fraction of sp³-hybridized carbons (Fsp3) is 0.308. The lowest BCUT2D eigenvalue weighted by molar-refractivity contribution is 0.0935. The highest BCUT2D eigenvalue weighted by Crippen LogP contribution is 2.19. The molecular formula is C13H12BrF2NO. The maximum absolute atomic E-state index is 13.5. The molecule has 0 aliphatic rings. The highest BCUT2D eigenvalue weighted by atomic mass is 79.9. The molecule has 0 fully saturated rings.